The first-order chi connectivity index (χ1) is 7.29. The van der Waals surface area contributed by atoms with E-state index in [2.05, 4.69) is 5.32 Å². The average Bonchev–Trinajstić information content (AvgIpc) is 2.89. The number of hydrogen-bond acceptors (Lipinski definition) is 3. The van der Waals surface area contributed by atoms with Crippen LogP contribution in [0.5, 0.6) is 0 Å². The van der Waals surface area contributed by atoms with E-state index in [1.54, 1.807) is 0 Å². The fraction of sp³-hybridized carbons (Fsp3) is 0.909. The number of carbonyl (C=O) groups is 1. The lowest BCUT2D eigenvalue weighted by Gasteiger charge is -2.17. The number of nitrogens with two attached hydrogens (primary N) is 1. The molecule has 0 aromatic heterocycles. The fourth-order valence-corrected chi connectivity index (χ4v) is 2.03. The summed E-state index contributed by atoms with van der Waals surface area (Å²) in [6, 6.07) is 0.436. The molecule has 0 aromatic rings. The fourth-order valence-electron chi connectivity index (χ4n) is 2.03. The van der Waals surface area contributed by atoms with E-state index in [1.807, 2.05) is 0 Å². The van der Waals surface area contributed by atoms with Crippen molar-refractivity contribution >= 4 is 5.91 Å². The van der Waals surface area contributed by atoms with E-state index in [-0.39, 0.29) is 11.8 Å². The molecular weight excluding hydrogens is 192 g/mol. The first kappa shape index (κ1) is 10.9. The van der Waals surface area contributed by atoms with Gasteiger partial charge in [-0.1, -0.05) is 0 Å². The van der Waals surface area contributed by atoms with Gasteiger partial charge in [-0.05, 0) is 31.6 Å². The third kappa shape index (κ3) is 3.18. The highest BCUT2D eigenvalue weighted by molar-refractivity contribution is 5.79. The predicted molar refractivity (Wildman–Crippen MR) is 57.3 cm³/mol. The van der Waals surface area contributed by atoms with Crippen LogP contribution in [-0.4, -0.2) is 31.7 Å². The van der Waals surface area contributed by atoms with Crippen molar-refractivity contribution in [2.75, 3.05) is 19.8 Å². The first-order valence-corrected chi connectivity index (χ1v) is 5.87. The van der Waals surface area contributed by atoms with Crippen LogP contribution in [0.2, 0.25) is 0 Å². The van der Waals surface area contributed by atoms with Gasteiger partial charge in [0.2, 0.25) is 5.91 Å². The highest BCUT2D eigenvalue weighted by Gasteiger charge is 2.29. The summed E-state index contributed by atoms with van der Waals surface area (Å²) < 4.78 is 5.30. The molecule has 1 saturated carbocycles. The molecule has 0 spiro atoms. The van der Waals surface area contributed by atoms with E-state index in [0.29, 0.717) is 18.5 Å². The minimum atomic E-state index is -0.0164. The highest BCUT2D eigenvalue weighted by Crippen LogP contribution is 2.23. The minimum Gasteiger partial charge on any atom is -0.381 e. The van der Waals surface area contributed by atoms with Crippen molar-refractivity contribution in [2.24, 2.45) is 17.6 Å². The maximum absolute atomic E-state index is 11.8. The predicted octanol–water partition coefficient (Wildman–Crippen LogP) is 0.267. The van der Waals surface area contributed by atoms with Gasteiger partial charge in [-0.2, -0.15) is 0 Å². The molecule has 0 bridgehead atoms. The van der Waals surface area contributed by atoms with Gasteiger partial charge in [-0.15, -0.1) is 0 Å². The third-order valence-corrected chi connectivity index (χ3v) is 3.22. The van der Waals surface area contributed by atoms with E-state index in [4.69, 9.17) is 10.5 Å². The van der Waals surface area contributed by atoms with Crippen LogP contribution in [0.15, 0.2) is 0 Å². The molecular formula is C11H20N2O2. The Hall–Kier alpha value is -0.610. The van der Waals surface area contributed by atoms with Crippen LogP contribution < -0.4 is 11.1 Å². The summed E-state index contributed by atoms with van der Waals surface area (Å²) in [4.78, 5) is 11.8. The molecule has 2 rings (SSSR count). The summed E-state index contributed by atoms with van der Waals surface area (Å²) in [6.07, 6.45) is 4.23. The Kier molecular flexibility index (Phi) is 3.59. The quantitative estimate of drug-likeness (QED) is 0.687. The van der Waals surface area contributed by atoms with Gasteiger partial charge in [0.25, 0.3) is 0 Å². The summed E-state index contributed by atoms with van der Waals surface area (Å²) in [7, 11) is 0. The molecule has 1 heterocycles. The van der Waals surface area contributed by atoms with E-state index in [1.165, 1.54) is 0 Å². The standard InChI is InChI=1S/C11H20N2O2/c12-6-9(5-8-3-4-15-7-8)11(14)13-10-1-2-10/h8-10H,1-7,12H2,(H,13,14). The molecule has 1 aliphatic heterocycles. The summed E-state index contributed by atoms with van der Waals surface area (Å²) in [5.74, 6) is 0.660. The molecule has 4 heteroatoms. The van der Waals surface area contributed by atoms with Crippen LogP contribution in [0.4, 0.5) is 0 Å². The maximum atomic E-state index is 11.8. The lowest BCUT2D eigenvalue weighted by Crippen LogP contribution is -2.37. The van der Waals surface area contributed by atoms with Crippen LogP contribution in [-0.2, 0) is 9.53 Å². The van der Waals surface area contributed by atoms with Gasteiger partial charge < -0.3 is 15.8 Å². The van der Waals surface area contributed by atoms with Crippen molar-refractivity contribution in [1.82, 2.24) is 5.32 Å². The van der Waals surface area contributed by atoms with E-state index >= 15 is 0 Å². The monoisotopic (exact) mass is 212 g/mol. The number of nitrogens with one attached hydrogen (secondary N) is 1. The Morgan fingerprint density at radius 2 is 2.27 bits per heavy atom. The Labute approximate surface area is 90.5 Å². The lowest BCUT2D eigenvalue weighted by molar-refractivity contribution is -0.125. The molecule has 15 heavy (non-hydrogen) atoms. The van der Waals surface area contributed by atoms with E-state index in [0.717, 1.165) is 38.9 Å². The molecule has 4 nitrogen and oxygen atoms in total. The number of rotatable bonds is 5. The molecule has 2 atom stereocenters. The van der Waals surface area contributed by atoms with Crippen LogP contribution in [0, 0.1) is 11.8 Å². The first-order valence-electron chi connectivity index (χ1n) is 5.87. The molecule has 1 aliphatic carbocycles. The average molecular weight is 212 g/mol. The van der Waals surface area contributed by atoms with Crippen molar-refractivity contribution in [2.45, 2.75) is 31.7 Å². The third-order valence-electron chi connectivity index (χ3n) is 3.22. The second-order valence-electron chi connectivity index (χ2n) is 4.68. The van der Waals surface area contributed by atoms with Crippen molar-refractivity contribution in [3.8, 4) is 0 Å². The molecule has 1 saturated heterocycles. The highest BCUT2D eigenvalue weighted by atomic mass is 16.5. The second-order valence-corrected chi connectivity index (χ2v) is 4.68. The van der Waals surface area contributed by atoms with Gasteiger partial charge in [0.05, 0.1) is 5.92 Å². The van der Waals surface area contributed by atoms with Gasteiger partial charge in [0.15, 0.2) is 0 Å². The van der Waals surface area contributed by atoms with Crippen LogP contribution in [0.3, 0.4) is 0 Å². The van der Waals surface area contributed by atoms with Gasteiger partial charge in [-0.25, -0.2) is 0 Å². The number of amides is 1. The molecule has 2 fully saturated rings. The maximum Gasteiger partial charge on any atom is 0.224 e. The van der Waals surface area contributed by atoms with E-state index < -0.39 is 0 Å². The smallest absolute Gasteiger partial charge is 0.224 e. The largest absolute Gasteiger partial charge is 0.381 e. The van der Waals surface area contributed by atoms with Crippen LogP contribution in [0.25, 0.3) is 0 Å². The molecule has 86 valence electrons. The number of carbonyl (C=O) groups excluding carboxylic acids is 1. The second kappa shape index (κ2) is 4.94. The topological polar surface area (TPSA) is 64.3 Å². The van der Waals surface area contributed by atoms with E-state index in [9.17, 15) is 4.79 Å². The summed E-state index contributed by atoms with van der Waals surface area (Å²) in [5, 5.41) is 3.02. The Morgan fingerprint density at radius 1 is 1.47 bits per heavy atom. The van der Waals surface area contributed by atoms with Gasteiger partial charge in [0, 0.05) is 25.8 Å². The number of hydrogen-bond donors (Lipinski definition) is 2. The van der Waals surface area contributed by atoms with Crippen molar-refractivity contribution in [3.05, 3.63) is 0 Å². The van der Waals surface area contributed by atoms with Crippen molar-refractivity contribution in [3.63, 3.8) is 0 Å². The van der Waals surface area contributed by atoms with Gasteiger partial charge in [0.1, 0.15) is 0 Å². The normalized spacial score (nSPS) is 27.7. The Balaban J connectivity index is 1.76. The Morgan fingerprint density at radius 3 is 2.80 bits per heavy atom. The summed E-state index contributed by atoms with van der Waals surface area (Å²) in [5.41, 5.74) is 5.65. The summed E-state index contributed by atoms with van der Waals surface area (Å²) >= 11 is 0. The zero-order valence-electron chi connectivity index (χ0n) is 9.08. The van der Waals surface area contributed by atoms with Crippen LogP contribution >= 0.6 is 0 Å². The Bertz CT molecular complexity index is 223. The van der Waals surface area contributed by atoms with Gasteiger partial charge in [-0.3, -0.25) is 4.79 Å². The van der Waals surface area contributed by atoms with Crippen LogP contribution in [0.1, 0.15) is 25.7 Å². The molecule has 2 unspecified atom stereocenters. The zero-order chi connectivity index (χ0) is 10.7. The molecule has 2 aliphatic rings. The SMILES string of the molecule is NCC(CC1CCOC1)C(=O)NC1CC1. The molecule has 3 N–H and O–H groups in total. The minimum absolute atomic E-state index is 0.0164. The number of ether oxygens (including phenoxy) is 1. The summed E-state index contributed by atoms with van der Waals surface area (Å²) in [6.45, 7) is 2.09. The lowest BCUT2D eigenvalue weighted by atomic mass is 9.93. The van der Waals surface area contributed by atoms with Crippen molar-refractivity contribution in [1.29, 1.82) is 0 Å². The molecule has 0 radical (unpaired) electrons. The molecule has 0 aromatic carbocycles. The van der Waals surface area contributed by atoms with Gasteiger partial charge >= 0.3 is 0 Å². The zero-order valence-corrected chi connectivity index (χ0v) is 9.08. The van der Waals surface area contributed by atoms with Crippen molar-refractivity contribution < 1.29 is 9.53 Å². The molecule has 1 amide bonds.